The highest BCUT2D eigenvalue weighted by Gasteiger charge is 2.35. The van der Waals surface area contributed by atoms with E-state index in [-0.39, 0.29) is 0 Å². The molecule has 0 unspecified atom stereocenters. The first-order chi connectivity index (χ1) is 7.79. The van der Waals surface area contributed by atoms with Crippen LogP contribution in [-0.2, 0) is 0 Å². The van der Waals surface area contributed by atoms with Gasteiger partial charge in [0.05, 0.1) is 0 Å². The van der Waals surface area contributed by atoms with Gasteiger partial charge in [0.15, 0.2) is 0 Å². The molecule has 1 aromatic rings. The fourth-order valence-corrected chi connectivity index (χ4v) is 4.85. The first kappa shape index (κ1) is 11.0. The van der Waals surface area contributed by atoms with Crippen molar-refractivity contribution >= 4 is 33.4 Å². The largest absolute Gasteiger partial charge is 0.384 e. The molecule has 0 aromatic heterocycles. The number of benzene rings is 1. The zero-order valence-electron chi connectivity index (χ0n) is 9.26. The number of nitrogens with one attached hydrogen (secondary N) is 1. The molecular formula is C13H16BrNS. The maximum Gasteiger partial charge on any atom is 0.0490 e. The molecule has 1 saturated carbocycles. The molecule has 3 rings (SSSR count). The predicted octanol–water partition coefficient (Wildman–Crippen LogP) is 4.53. The van der Waals surface area contributed by atoms with Crippen molar-refractivity contribution in [2.75, 3.05) is 17.6 Å². The summed E-state index contributed by atoms with van der Waals surface area (Å²) in [4.78, 5) is 1.39. The minimum Gasteiger partial charge on any atom is -0.384 e. The fraction of sp³-hybridized carbons (Fsp3) is 0.538. The SMILES string of the molecule is Brc1cccc2c1SCC1(CCCC1)CN2. The second-order valence-electron chi connectivity index (χ2n) is 4.97. The van der Waals surface area contributed by atoms with Crippen LogP contribution in [0.2, 0.25) is 0 Å². The van der Waals surface area contributed by atoms with Crippen molar-refractivity contribution in [2.45, 2.75) is 30.6 Å². The molecule has 1 heterocycles. The molecule has 86 valence electrons. The molecule has 1 nitrogen and oxygen atoms in total. The van der Waals surface area contributed by atoms with Crippen LogP contribution in [0.25, 0.3) is 0 Å². The third kappa shape index (κ3) is 1.88. The van der Waals surface area contributed by atoms with Crippen LogP contribution in [0.1, 0.15) is 25.7 Å². The van der Waals surface area contributed by atoms with Gasteiger partial charge >= 0.3 is 0 Å². The molecule has 0 atom stereocenters. The first-order valence-corrected chi connectivity index (χ1v) is 7.72. The summed E-state index contributed by atoms with van der Waals surface area (Å²) in [5.74, 6) is 1.27. The molecule has 1 aromatic carbocycles. The summed E-state index contributed by atoms with van der Waals surface area (Å²) in [6.07, 6.45) is 5.64. The van der Waals surface area contributed by atoms with E-state index in [0.29, 0.717) is 5.41 Å². The lowest BCUT2D eigenvalue weighted by Gasteiger charge is -2.26. The van der Waals surface area contributed by atoms with Gasteiger partial charge in [-0.05, 0) is 46.3 Å². The average molecular weight is 298 g/mol. The van der Waals surface area contributed by atoms with Crippen LogP contribution in [0.3, 0.4) is 0 Å². The van der Waals surface area contributed by atoms with E-state index in [2.05, 4.69) is 39.4 Å². The Morgan fingerprint density at radius 2 is 2.06 bits per heavy atom. The number of hydrogen-bond donors (Lipinski definition) is 1. The first-order valence-electron chi connectivity index (χ1n) is 5.94. The van der Waals surface area contributed by atoms with Crippen LogP contribution in [0, 0.1) is 5.41 Å². The Kier molecular flexibility index (Phi) is 2.92. The van der Waals surface area contributed by atoms with E-state index in [4.69, 9.17) is 0 Å². The second kappa shape index (κ2) is 4.26. The Morgan fingerprint density at radius 1 is 1.25 bits per heavy atom. The number of anilines is 1. The van der Waals surface area contributed by atoms with E-state index >= 15 is 0 Å². The van der Waals surface area contributed by atoms with Crippen molar-refractivity contribution in [1.29, 1.82) is 0 Å². The van der Waals surface area contributed by atoms with Gasteiger partial charge in [0.1, 0.15) is 0 Å². The Labute approximate surface area is 110 Å². The van der Waals surface area contributed by atoms with Gasteiger partial charge in [-0.2, -0.15) is 0 Å². The number of halogens is 1. The summed E-state index contributed by atoms with van der Waals surface area (Å²) in [7, 11) is 0. The summed E-state index contributed by atoms with van der Waals surface area (Å²) in [5, 5.41) is 3.65. The summed E-state index contributed by atoms with van der Waals surface area (Å²) < 4.78 is 1.23. The molecule has 2 aliphatic rings. The van der Waals surface area contributed by atoms with Gasteiger partial charge in [0, 0.05) is 27.4 Å². The van der Waals surface area contributed by atoms with Gasteiger partial charge in [-0.3, -0.25) is 0 Å². The molecule has 0 amide bonds. The topological polar surface area (TPSA) is 12.0 Å². The summed E-state index contributed by atoms with van der Waals surface area (Å²) >= 11 is 5.68. The van der Waals surface area contributed by atoms with E-state index in [9.17, 15) is 0 Å². The van der Waals surface area contributed by atoms with Crippen molar-refractivity contribution in [3.8, 4) is 0 Å². The maximum absolute atomic E-state index is 3.65. The highest BCUT2D eigenvalue weighted by atomic mass is 79.9. The van der Waals surface area contributed by atoms with E-state index in [1.807, 2.05) is 11.8 Å². The van der Waals surface area contributed by atoms with Gasteiger partial charge in [-0.1, -0.05) is 18.9 Å². The lowest BCUT2D eigenvalue weighted by atomic mass is 9.88. The van der Waals surface area contributed by atoms with Crippen molar-refractivity contribution in [1.82, 2.24) is 0 Å². The zero-order valence-corrected chi connectivity index (χ0v) is 11.7. The van der Waals surface area contributed by atoms with Gasteiger partial charge in [-0.15, -0.1) is 11.8 Å². The van der Waals surface area contributed by atoms with Crippen molar-refractivity contribution < 1.29 is 0 Å². The quantitative estimate of drug-likeness (QED) is 0.755. The highest BCUT2D eigenvalue weighted by molar-refractivity contribution is 9.10. The molecule has 3 heteroatoms. The normalized spacial score (nSPS) is 22.6. The lowest BCUT2D eigenvalue weighted by molar-refractivity contribution is 0.373. The zero-order chi connectivity index (χ0) is 11.0. The van der Waals surface area contributed by atoms with E-state index in [1.165, 1.54) is 46.5 Å². The third-order valence-electron chi connectivity index (χ3n) is 3.81. The van der Waals surface area contributed by atoms with Crippen molar-refractivity contribution in [3.05, 3.63) is 22.7 Å². The number of fused-ring (bicyclic) bond motifs is 1. The Bertz CT molecular complexity index is 399. The molecule has 1 aliphatic heterocycles. The molecule has 1 N–H and O–H groups in total. The van der Waals surface area contributed by atoms with Crippen LogP contribution in [0.15, 0.2) is 27.6 Å². The van der Waals surface area contributed by atoms with Crippen LogP contribution in [0.4, 0.5) is 5.69 Å². The summed E-state index contributed by atoms with van der Waals surface area (Å²) in [5.41, 5.74) is 1.87. The molecular weight excluding hydrogens is 282 g/mol. The molecule has 1 aliphatic carbocycles. The number of rotatable bonds is 0. The van der Waals surface area contributed by atoms with Crippen LogP contribution >= 0.6 is 27.7 Å². The maximum atomic E-state index is 3.65. The monoisotopic (exact) mass is 297 g/mol. The van der Waals surface area contributed by atoms with Gasteiger partial charge in [0.2, 0.25) is 0 Å². The Morgan fingerprint density at radius 3 is 2.88 bits per heavy atom. The van der Waals surface area contributed by atoms with E-state index in [0.717, 1.165) is 6.54 Å². The molecule has 0 saturated heterocycles. The fourth-order valence-electron chi connectivity index (χ4n) is 2.80. The van der Waals surface area contributed by atoms with Gasteiger partial charge in [0.25, 0.3) is 0 Å². The minimum atomic E-state index is 0.559. The van der Waals surface area contributed by atoms with Crippen LogP contribution < -0.4 is 5.32 Å². The van der Waals surface area contributed by atoms with Crippen LogP contribution in [0.5, 0.6) is 0 Å². The molecule has 0 bridgehead atoms. The minimum absolute atomic E-state index is 0.559. The van der Waals surface area contributed by atoms with E-state index < -0.39 is 0 Å². The molecule has 1 spiro atoms. The standard InChI is InChI=1S/C13H16BrNS/c14-10-4-3-5-11-12(10)16-9-13(8-15-11)6-1-2-7-13/h3-5,15H,1-2,6-9H2. The molecule has 16 heavy (non-hydrogen) atoms. The van der Waals surface area contributed by atoms with Gasteiger partial charge in [-0.25, -0.2) is 0 Å². The highest BCUT2D eigenvalue weighted by Crippen LogP contribution is 2.47. The number of hydrogen-bond acceptors (Lipinski definition) is 2. The average Bonchev–Trinajstić information content (AvgIpc) is 2.65. The lowest BCUT2D eigenvalue weighted by Crippen LogP contribution is -2.27. The summed E-state index contributed by atoms with van der Waals surface area (Å²) in [6.45, 7) is 1.16. The second-order valence-corrected chi connectivity index (χ2v) is 6.81. The van der Waals surface area contributed by atoms with Crippen molar-refractivity contribution in [3.63, 3.8) is 0 Å². The Balaban J connectivity index is 1.89. The van der Waals surface area contributed by atoms with Gasteiger partial charge < -0.3 is 5.32 Å². The van der Waals surface area contributed by atoms with Crippen LogP contribution in [-0.4, -0.2) is 12.3 Å². The molecule has 1 fully saturated rings. The van der Waals surface area contributed by atoms with E-state index in [1.54, 1.807) is 0 Å². The molecule has 0 radical (unpaired) electrons. The van der Waals surface area contributed by atoms with Crippen molar-refractivity contribution in [2.24, 2.45) is 5.41 Å². The summed E-state index contributed by atoms with van der Waals surface area (Å²) in [6, 6.07) is 6.45. The third-order valence-corrected chi connectivity index (χ3v) is 6.22. The smallest absolute Gasteiger partial charge is 0.0490 e. The number of thioether (sulfide) groups is 1. The Hall–Kier alpha value is -0.150. The predicted molar refractivity (Wildman–Crippen MR) is 74.3 cm³/mol.